The van der Waals surface area contributed by atoms with Crippen molar-refractivity contribution >= 4 is 29.2 Å². The average molecular weight is 166 g/mol. The fraction of sp³-hybridized carbons (Fsp3) is 0. The summed E-state index contributed by atoms with van der Waals surface area (Å²) in [5.41, 5.74) is 5.13. The third-order valence-electron chi connectivity index (χ3n) is 0.598. The third kappa shape index (κ3) is 1.65. The van der Waals surface area contributed by atoms with E-state index in [0.29, 0.717) is 0 Å². The Hall–Kier alpha value is -0.610. The van der Waals surface area contributed by atoms with Crippen molar-refractivity contribution in [3.8, 4) is 0 Å². The lowest BCUT2D eigenvalue weighted by molar-refractivity contribution is 1.06. The van der Waals surface area contributed by atoms with E-state index in [4.69, 9.17) is 28.9 Å². The van der Waals surface area contributed by atoms with E-state index in [0.717, 1.165) is 0 Å². The van der Waals surface area contributed by atoms with Gasteiger partial charge in [-0.3, -0.25) is 0 Å². The summed E-state index contributed by atoms with van der Waals surface area (Å²) in [5.74, 6) is 0.0278. The molecule has 0 amide bonds. The molecule has 48 valence electrons. The van der Waals surface area contributed by atoms with Crippen LogP contribution in [0.25, 0.3) is 0 Å². The maximum absolute atomic E-state index is 5.32. The van der Waals surface area contributed by atoms with Crippen LogP contribution in [0, 0.1) is 0 Å². The molecular weight excluding hydrogens is 164 g/mol. The van der Waals surface area contributed by atoms with Gasteiger partial charge in [0.05, 0.1) is 0 Å². The third-order valence-corrected chi connectivity index (χ3v) is 0.936. The Morgan fingerprint density at radius 3 is 1.78 bits per heavy atom. The van der Waals surface area contributed by atoms with Gasteiger partial charge in [0.2, 0.25) is 16.5 Å². The van der Waals surface area contributed by atoms with E-state index in [-0.39, 0.29) is 16.5 Å². The van der Waals surface area contributed by atoms with Gasteiger partial charge < -0.3 is 5.73 Å². The predicted molar refractivity (Wildman–Crippen MR) is 34.3 cm³/mol. The molecule has 0 spiro atoms. The molecule has 0 aliphatic rings. The fourth-order valence-corrected chi connectivity index (χ4v) is 0.717. The van der Waals surface area contributed by atoms with Crippen LogP contribution in [0.2, 0.25) is 10.6 Å². The smallest absolute Gasteiger partial charge is 0.228 e. The van der Waals surface area contributed by atoms with Crippen LogP contribution in [0.15, 0.2) is 0 Å². The highest BCUT2D eigenvalue weighted by molar-refractivity contribution is 6.31. The number of aromatic nitrogens is 3. The normalized spacial score (nSPS) is 9.56. The molecule has 9 heavy (non-hydrogen) atoms. The Morgan fingerprint density at radius 1 is 1.00 bits per heavy atom. The van der Waals surface area contributed by atoms with E-state index >= 15 is 0 Å². The number of nitrogen functional groups attached to an aromatic ring is 1. The van der Waals surface area contributed by atoms with Crippen LogP contribution in [0.5, 0.6) is 0 Å². The van der Waals surface area contributed by atoms with Gasteiger partial charge in [0, 0.05) is 0 Å². The van der Waals surface area contributed by atoms with Crippen LogP contribution >= 0.6 is 23.2 Å². The van der Waals surface area contributed by atoms with Crippen LogP contribution in [0.3, 0.4) is 0 Å². The van der Waals surface area contributed by atoms with Gasteiger partial charge in [-0.25, -0.2) is 0 Å². The van der Waals surface area contributed by atoms with Crippen molar-refractivity contribution in [2.24, 2.45) is 0 Å². The second-order valence-electron chi connectivity index (χ2n) is 1.23. The zero-order valence-corrected chi connectivity index (χ0v) is 5.69. The summed E-state index contributed by atoms with van der Waals surface area (Å²) in [5, 5.41) is 0.0139. The minimum atomic E-state index is 0.00694. The number of nitrogens with zero attached hydrogens (tertiary/aromatic N) is 3. The van der Waals surface area contributed by atoms with Gasteiger partial charge in [-0.05, 0) is 23.2 Å². The second kappa shape index (κ2) is 2.33. The lowest BCUT2D eigenvalue weighted by Gasteiger charge is -1.90. The van der Waals surface area contributed by atoms with E-state index in [1.54, 1.807) is 0 Å². The monoisotopic (exact) mass is 165 g/mol. The van der Waals surface area contributed by atoms with Crippen LogP contribution in [0.1, 0.15) is 0 Å². The number of hydrogen-bond acceptors (Lipinski definition) is 4. The molecule has 1 aromatic heterocycles. The Bertz CT molecular complexity index is 175. The summed E-state index contributed by atoms with van der Waals surface area (Å²) in [4.78, 5) is 10.4. The van der Waals surface area contributed by atoms with Crippen LogP contribution < -0.4 is 5.73 Å². The van der Waals surface area contributed by atoms with Crippen molar-refractivity contribution in [3.05, 3.63) is 10.6 Å². The first kappa shape index (κ1) is 6.51. The van der Waals surface area contributed by atoms with E-state index in [2.05, 4.69) is 15.0 Å². The quantitative estimate of drug-likeness (QED) is 0.577. The molecule has 1 aromatic rings. The van der Waals surface area contributed by atoms with E-state index < -0.39 is 0 Å². The van der Waals surface area contributed by atoms with Gasteiger partial charge in [0.15, 0.2) is 0 Å². The molecule has 2 N–H and O–H groups in total. The number of anilines is 1. The molecular formula is C3H2Cl2N4. The summed E-state index contributed by atoms with van der Waals surface area (Å²) >= 11 is 10.6. The molecule has 0 saturated heterocycles. The molecule has 4 nitrogen and oxygen atoms in total. The molecule has 1 rings (SSSR count). The minimum absolute atomic E-state index is 0.00694. The first-order chi connectivity index (χ1) is 4.18. The average Bonchev–Trinajstić information content (AvgIpc) is 1.59. The van der Waals surface area contributed by atoms with Gasteiger partial charge in [0.25, 0.3) is 0 Å². The van der Waals surface area contributed by atoms with Crippen LogP contribution in [-0.2, 0) is 0 Å². The van der Waals surface area contributed by atoms with Crippen molar-refractivity contribution in [2.45, 2.75) is 0 Å². The van der Waals surface area contributed by atoms with Crippen molar-refractivity contribution in [3.63, 3.8) is 0 Å². The molecule has 0 saturated carbocycles. The van der Waals surface area contributed by atoms with Crippen LogP contribution in [-0.4, -0.2) is 15.0 Å². The molecule has 0 atom stereocenters. The van der Waals surface area contributed by atoms with Gasteiger partial charge in [-0.15, -0.1) is 0 Å². The highest BCUT2D eigenvalue weighted by Crippen LogP contribution is 2.05. The molecule has 0 bridgehead atoms. The summed E-state index contributed by atoms with van der Waals surface area (Å²) < 4.78 is 0. The molecule has 6 heteroatoms. The molecule has 0 unspecified atom stereocenters. The Morgan fingerprint density at radius 2 is 1.44 bits per heavy atom. The first-order valence-corrected chi connectivity index (χ1v) is 2.76. The summed E-state index contributed by atoms with van der Waals surface area (Å²) in [6, 6.07) is 0. The second-order valence-corrected chi connectivity index (χ2v) is 1.91. The summed E-state index contributed by atoms with van der Waals surface area (Å²) in [6.45, 7) is 0. The van der Waals surface area contributed by atoms with Crippen molar-refractivity contribution in [1.29, 1.82) is 0 Å². The number of hydrogen-bond donors (Lipinski definition) is 1. The topological polar surface area (TPSA) is 64.7 Å². The van der Waals surface area contributed by atoms with Crippen molar-refractivity contribution in [1.82, 2.24) is 15.0 Å². The number of rotatable bonds is 0. The van der Waals surface area contributed by atoms with Gasteiger partial charge in [0.1, 0.15) is 0 Å². The fourth-order valence-electron chi connectivity index (χ4n) is 0.340. The highest BCUT2D eigenvalue weighted by Gasteiger charge is 1.96. The zero-order valence-electron chi connectivity index (χ0n) is 4.17. The number of halogens is 2. The molecule has 0 fully saturated rings. The Labute approximate surface area is 61.0 Å². The highest BCUT2D eigenvalue weighted by atomic mass is 35.5. The molecule has 1 heterocycles. The molecule has 0 aromatic carbocycles. The molecule has 0 aliphatic carbocycles. The van der Waals surface area contributed by atoms with Crippen LogP contribution in [0.4, 0.5) is 5.95 Å². The van der Waals surface area contributed by atoms with Gasteiger partial charge >= 0.3 is 0 Å². The predicted octanol–water partition coefficient (Wildman–Crippen LogP) is 0.761. The van der Waals surface area contributed by atoms with Gasteiger partial charge in [-0.1, -0.05) is 0 Å². The van der Waals surface area contributed by atoms with E-state index in [9.17, 15) is 0 Å². The first-order valence-electron chi connectivity index (χ1n) is 2.01. The molecule has 0 radical (unpaired) electrons. The Kier molecular flexibility index (Phi) is 1.68. The van der Waals surface area contributed by atoms with E-state index in [1.165, 1.54) is 0 Å². The minimum Gasteiger partial charge on any atom is -0.368 e. The zero-order chi connectivity index (χ0) is 6.85. The maximum Gasteiger partial charge on any atom is 0.228 e. The van der Waals surface area contributed by atoms with Crippen molar-refractivity contribution < 1.29 is 0 Å². The number of nitrogens with two attached hydrogens (primary N) is 1. The summed E-state index contributed by atoms with van der Waals surface area (Å²) in [6.07, 6.45) is 0. The van der Waals surface area contributed by atoms with E-state index in [1.807, 2.05) is 0 Å². The van der Waals surface area contributed by atoms with Gasteiger partial charge in [-0.2, -0.15) is 15.0 Å². The standard InChI is InChI=1S/C3H2Cl2N4/c4-1-7-2(5)9-3(6)8-1/h(H2,6,7,8,9)/i6+1. The largest absolute Gasteiger partial charge is 0.368 e. The lowest BCUT2D eigenvalue weighted by Crippen LogP contribution is -1.96. The Balaban J connectivity index is 3.17. The van der Waals surface area contributed by atoms with Crippen molar-refractivity contribution in [2.75, 3.05) is 5.73 Å². The summed E-state index contributed by atoms with van der Waals surface area (Å²) in [7, 11) is 0. The maximum atomic E-state index is 5.32. The SMILES string of the molecule is [15NH2]c1nc(Cl)nc(Cl)n1. The lowest BCUT2D eigenvalue weighted by atomic mass is 11.0. The molecule has 0 aliphatic heterocycles.